The maximum atomic E-state index is 12.7. The monoisotopic (exact) mass is 577 g/mol. The number of amides is 2. The summed E-state index contributed by atoms with van der Waals surface area (Å²) in [5.41, 5.74) is 0.593. The maximum absolute atomic E-state index is 12.7. The first-order valence-corrected chi connectivity index (χ1v) is 11.7. The third-order valence-electron chi connectivity index (χ3n) is 4.26. The van der Waals surface area contributed by atoms with Crippen LogP contribution in [0, 0.1) is 3.57 Å². The van der Waals surface area contributed by atoms with Crippen molar-refractivity contribution in [2.24, 2.45) is 0 Å². The van der Waals surface area contributed by atoms with Crippen LogP contribution in [-0.2, 0) is 23.9 Å². The van der Waals surface area contributed by atoms with Gasteiger partial charge in [-0.2, -0.15) is 0 Å². The van der Waals surface area contributed by atoms with Crippen molar-refractivity contribution < 1.29 is 38.1 Å². The summed E-state index contributed by atoms with van der Waals surface area (Å²) >= 11 is 2.77. The van der Waals surface area contributed by atoms with Crippen molar-refractivity contribution >= 4 is 63.5 Å². The predicted molar refractivity (Wildman–Crippen MR) is 126 cm³/mol. The molecular formula is C21H24INO8S. The van der Waals surface area contributed by atoms with Crippen LogP contribution in [0.2, 0.25) is 0 Å². The molecule has 1 aliphatic rings. The van der Waals surface area contributed by atoms with Gasteiger partial charge in [0.05, 0.1) is 28.3 Å². The first-order valence-electron chi connectivity index (χ1n) is 9.80. The van der Waals surface area contributed by atoms with Gasteiger partial charge in [-0.1, -0.05) is 6.92 Å². The molecule has 1 aliphatic heterocycles. The van der Waals surface area contributed by atoms with Crippen molar-refractivity contribution in [2.45, 2.75) is 33.3 Å². The third kappa shape index (κ3) is 6.86. The van der Waals surface area contributed by atoms with Crippen LogP contribution in [0.15, 0.2) is 17.0 Å². The van der Waals surface area contributed by atoms with Gasteiger partial charge in [-0.3, -0.25) is 19.3 Å². The zero-order valence-corrected chi connectivity index (χ0v) is 21.1. The van der Waals surface area contributed by atoms with E-state index in [1.165, 1.54) is 7.11 Å². The lowest BCUT2D eigenvalue weighted by atomic mass is 10.2. The molecule has 0 spiro atoms. The number of nitrogens with zero attached hydrogens (tertiary/aromatic N) is 1. The van der Waals surface area contributed by atoms with Crippen molar-refractivity contribution in [3.63, 3.8) is 0 Å². The summed E-state index contributed by atoms with van der Waals surface area (Å²) in [6.07, 6.45) is 1.88. The fraction of sp³-hybridized carbons (Fsp3) is 0.429. The number of benzene rings is 1. The Hall–Kier alpha value is -2.28. The predicted octanol–water partition coefficient (Wildman–Crippen LogP) is 3.62. The van der Waals surface area contributed by atoms with E-state index in [2.05, 4.69) is 4.74 Å². The first-order chi connectivity index (χ1) is 15.2. The fourth-order valence-electron chi connectivity index (χ4n) is 2.53. The first kappa shape index (κ1) is 26.0. The van der Waals surface area contributed by atoms with Crippen molar-refractivity contribution in [3.05, 3.63) is 26.2 Å². The topological polar surface area (TPSA) is 108 Å². The number of imide groups is 1. The number of hydrogen-bond donors (Lipinski definition) is 0. The van der Waals surface area contributed by atoms with Crippen LogP contribution in [-0.4, -0.2) is 61.0 Å². The van der Waals surface area contributed by atoms with Crippen LogP contribution in [0.25, 0.3) is 6.08 Å². The van der Waals surface area contributed by atoms with Crippen LogP contribution < -0.4 is 9.47 Å². The summed E-state index contributed by atoms with van der Waals surface area (Å²) in [5.74, 6) is -0.988. The van der Waals surface area contributed by atoms with Crippen LogP contribution >= 0.6 is 34.4 Å². The Kier molecular flexibility index (Phi) is 9.82. The molecule has 0 aromatic heterocycles. The zero-order chi connectivity index (χ0) is 23.8. The Morgan fingerprint density at radius 1 is 1.19 bits per heavy atom. The summed E-state index contributed by atoms with van der Waals surface area (Å²) in [5, 5.41) is -0.542. The van der Waals surface area contributed by atoms with E-state index in [0.717, 1.165) is 16.7 Å². The molecule has 11 heteroatoms. The van der Waals surface area contributed by atoms with Gasteiger partial charge in [0.15, 0.2) is 18.1 Å². The van der Waals surface area contributed by atoms with Crippen LogP contribution in [0.1, 0.15) is 32.8 Å². The Morgan fingerprint density at radius 2 is 1.91 bits per heavy atom. The van der Waals surface area contributed by atoms with Gasteiger partial charge >= 0.3 is 11.9 Å². The highest BCUT2D eigenvalue weighted by molar-refractivity contribution is 14.1. The van der Waals surface area contributed by atoms with Crippen molar-refractivity contribution in [3.8, 4) is 11.5 Å². The summed E-state index contributed by atoms with van der Waals surface area (Å²) in [6, 6.07) is 3.37. The molecule has 0 unspecified atom stereocenters. The molecule has 0 bridgehead atoms. The van der Waals surface area contributed by atoms with Gasteiger partial charge in [0.25, 0.3) is 11.1 Å². The standard InChI is InChI=1S/C21H24INO8S/c1-5-12(3)31-17(24)10-23-20(26)16(32-21(23)27)9-13-7-14(22)19(15(8-13)29-6-2)30-11-18(25)28-4/h7-9,12H,5-6,10-11H2,1-4H3/b16-9+/t12-/m0/s1. The normalized spacial score (nSPS) is 15.7. The van der Waals surface area contributed by atoms with Gasteiger partial charge in [0.1, 0.15) is 6.54 Å². The smallest absolute Gasteiger partial charge is 0.343 e. The number of ether oxygens (including phenoxy) is 4. The van der Waals surface area contributed by atoms with Gasteiger partial charge in [-0.25, -0.2) is 4.79 Å². The Bertz CT molecular complexity index is 933. The van der Waals surface area contributed by atoms with Crippen LogP contribution in [0.4, 0.5) is 4.79 Å². The lowest BCUT2D eigenvalue weighted by molar-refractivity contribution is -0.150. The van der Waals surface area contributed by atoms with Crippen LogP contribution in [0.5, 0.6) is 11.5 Å². The molecule has 1 fully saturated rings. The number of thioether (sulfide) groups is 1. The van der Waals surface area contributed by atoms with E-state index in [4.69, 9.17) is 14.2 Å². The summed E-state index contributed by atoms with van der Waals surface area (Å²) in [7, 11) is 1.26. The molecule has 0 aliphatic carbocycles. The minimum atomic E-state index is -0.636. The van der Waals surface area contributed by atoms with Gasteiger partial charge in [-0.05, 0) is 78.4 Å². The van der Waals surface area contributed by atoms with E-state index in [1.54, 1.807) is 32.1 Å². The largest absolute Gasteiger partial charge is 0.490 e. The van der Waals surface area contributed by atoms with Crippen molar-refractivity contribution in [1.82, 2.24) is 4.90 Å². The quantitative estimate of drug-likeness (QED) is 0.234. The lowest BCUT2D eigenvalue weighted by Gasteiger charge is -2.15. The number of rotatable bonds is 10. The number of carbonyl (C=O) groups is 4. The average Bonchev–Trinajstić information content (AvgIpc) is 3.00. The number of methoxy groups -OCH3 is 1. The summed E-state index contributed by atoms with van der Waals surface area (Å²) < 4.78 is 21.5. The molecule has 2 amide bonds. The average molecular weight is 577 g/mol. The minimum Gasteiger partial charge on any atom is -0.490 e. The Labute approximate surface area is 203 Å². The molecule has 1 atom stereocenters. The van der Waals surface area contributed by atoms with E-state index < -0.39 is 29.6 Å². The summed E-state index contributed by atoms with van der Waals surface area (Å²) in [4.78, 5) is 49.4. The van der Waals surface area contributed by atoms with E-state index in [-0.39, 0.29) is 17.6 Å². The van der Waals surface area contributed by atoms with E-state index in [1.807, 2.05) is 29.5 Å². The number of carbonyl (C=O) groups excluding carboxylic acids is 4. The minimum absolute atomic E-state index is 0.174. The molecule has 1 aromatic rings. The third-order valence-corrected chi connectivity index (χ3v) is 5.97. The highest BCUT2D eigenvalue weighted by Crippen LogP contribution is 2.37. The van der Waals surface area contributed by atoms with Crippen molar-refractivity contribution in [1.29, 1.82) is 0 Å². The Balaban J connectivity index is 2.23. The lowest BCUT2D eigenvalue weighted by Crippen LogP contribution is -2.35. The Morgan fingerprint density at radius 3 is 2.53 bits per heavy atom. The number of esters is 2. The number of hydrogen-bond acceptors (Lipinski definition) is 9. The number of halogens is 1. The van der Waals surface area contributed by atoms with Gasteiger partial charge in [-0.15, -0.1) is 0 Å². The molecule has 1 heterocycles. The fourth-order valence-corrected chi connectivity index (χ4v) is 4.15. The van der Waals surface area contributed by atoms with Gasteiger partial charge in [0.2, 0.25) is 0 Å². The molecule has 32 heavy (non-hydrogen) atoms. The molecule has 0 saturated carbocycles. The van der Waals surface area contributed by atoms with Gasteiger partial charge in [0, 0.05) is 0 Å². The molecule has 0 radical (unpaired) electrons. The molecule has 174 valence electrons. The van der Waals surface area contributed by atoms with E-state index in [0.29, 0.717) is 33.7 Å². The SMILES string of the molecule is CCOc1cc(/C=C2/SC(=O)N(CC(=O)O[C@@H](C)CC)C2=O)cc(I)c1OCC(=O)OC. The highest BCUT2D eigenvalue weighted by atomic mass is 127. The highest BCUT2D eigenvalue weighted by Gasteiger charge is 2.37. The van der Waals surface area contributed by atoms with Crippen LogP contribution in [0.3, 0.4) is 0 Å². The van der Waals surface area contributed by atoms with Gasteiger partial charge < -0.3 is 18.9 Å². The molecule has 0 N–H and O–H groups in total. The second-order valence-electron chi connectivity index (χ2n) is 6.60. The molecule has 1 saturated heterocycles. The molecule has 9 nitrogen and oxygen atoms in total. The van der Waals surface area contributed by atoms with E-state index >= 15 is 0 Å². The maximum Gasteiger partial charge on any atom is 0.343 e. The van der Waals surface area contributed by atoms with E-state index in [9.17, 15) is 19.2 Å². The second-order valence-corrected chi connectivity index (χ2v) is 8.76. The second kappa shape index (κ2) is 12.1. The molecule has 2 rings (SSSR count). The summed E-state index contributed by atoms with van der Waals surface area (Å²) in [6.45, 7) is 5.04. The molecule has 1 aromatic carbocycles. The zero-order valence-electron chi connectivity index (χ0n) is 18.1. The van der Waals surface area contributed by atoms with Crippen molar-refractivity contribution in [2.75, 3.05) is 26.9 Å². The molecular weight excluding hydrogens is 553 g/mol.